The third-order valence-electron chi connectivity index (χ3n) is 1.77. The van der Waals surface area contributed by atoms with Gasteiger partial charge in [-0.15, -0.1) is 0 Å². The van der Waals surface area contributed by atoms with Crippen LogP contribution in [0.2, 0.25) is 5.15 Å². The number of aromatic carboxylic acids is 1. The third-order valence-corrected chi connectivity index (χ3v) is 2.06. The van der Waals surface area contributed by atoms with E-state index < -0.39 is 5.97 Å². The first-order chi connectivity index (χ1) is 6.68. The van der Waals surface area contributed by atoms with Crippen molar-refractivity contribution in [3.8, 4) is 0 Å². The third kappa shape index (κ3) is 1.40. The highest BCUT2D eigenvalue weighted by atomic mass is 35.5. The van der Waals surface area contributed by atoms with E-state index in [0.29, 0.717) is 11.0 Å². The van der Waals surface area contributed by atoms with Crippen LogP contribution in [-0.4, -0.2) is 21.0 Å². The van der Waals surface area contributed by atoms with Gasteiger partial charge in [-0.1, -0.05) is 11.6 Å². The molecule has 0 aliphatic heterocycles. The van der Waals surface area contributed by atoms with Crippen molar-refractivity contribution in [1.29, 1.82) is 0 Å². The van der Waals surface area contributed by atoms with Gasteiger partial charge in [-0.25, -0.2) is 14.8 Å². The van der Waals surface area contributed by atoms with Gasteiger partial charge in [0.1, 0.15) is 5.15 Å². The van der Waals surface area contributed by atoms with Crippen LogP contribution >= 0.6 is 11.6 Å². The lowest BCUT2D eigenvalue weighted by Crippen LogP contribution is -1.99. The highest BCUT2D eigenvalue weighted by molar-refractivity contribution is 6.32. The molecule has 2 rings (SSSR count). The molecule has 14 heavy (non-hydrogen) atoms. The van der Waals surface area contributed by atoms with Crippen LogP contribution in [0.25, 0.3) is 11.0 Å². The maximum absolute atomic E-state index is 10.7. The van der Waals surface area contributed by atoms with Crippen LogP contribution in [-0.2, 0) is 0 Å². The van der Waals surface area contributed by atoms with Crippen LogP contribution in [0.4, 0.5) is 0 Å². The lowest BCUT2D eigenvalue weighted by Gasteiger charge is -2.00. The number of hydrogen-bond acceptors (Lipinski definition) is 3. The number of halogens is 1. The molecular weight excluding hydrogens is 204 g/mol. The minimum atomic E-state index is -1.09. The summed E-state index contributed by atoms with van der Waals surface area (Å²) in [5.41, 5.74) is 0.440. The van der Waals surface area contributed by atoms with Crippen LogP contribution in [0.1, 0.15) is 10.4 Å². The Morgan fingerprint density at radius 3 is 3.00 bits per heavy atom. The van der Waals surface area contributed by atoms with Gasteiger partial charge in [0.25, 0.3) is 0 Å². The maximum atomic E-state index is 10.7. The van der Waals surface area contributed by atoms with E-state index in [1.165, 1.54) is 6.07 Å². The van der Waals surface area contributed by atoms with E-state index in [9.17, 15) is 4.79 Å². The Balaban J connectivity index is 2.77. The Morgan fingerprint density at radius 1 is 1.50 bits per heavy atom. The molecule has 0 bridgehead atoms. The molecule has 1 N–H and O–H groups in total. The first-order valence-electron chi connectivity index (χ1n) is 3.83. The fraction of sp³-hybridized carbons (Fsp3) is 0. The van der Waals surface area contributed by atoms with Crippen molar-refractivity contribution in [2.45, 2.75) is 0 Å². The Labute approximate surface area is 84.2 Å². The summed E-state index contributed by atoms with van der Waals surface area (Å²) in [6.07, 6.45) is 1.58. The predicted octanol–water partition coefficient (Wildman–Crippen LogP) is 1.98. The molecule has 2 aromatic heterocycles. The van der Waals surface area contributed by atoms with Gasteiger partial charge < -0.3 is 5.11 Å². The summed E-state index contributed by atoms with van der Waals surface area (Å²) in [6, 6.07) is 4.90. The summed E-state index contributed by atoms with van der Waals surface area (Å²) >= 11 is 5.67. The molecule has 0 radical (unpaired) electrons. The summed E-state index contributed by atoms with van der Waals surface area (Å²) < 4.78 is 0. The van der Waals surface area contributed by atoms with Crippen molar-refractivity contribution in [1.82, 2.24) is 9.97 Å². The SMILES string of the molecule is O=C(O)c1cc2cccnc2nc1Cl. The Morgan fingerprint density at radius 2 is 2.29 bits per heavy atom. The number of fused-ring (bicyclic) bond motifs is 1. The maximum Gasteiger partial charge on any atom is 0.338 e. The molecule has 0 spiro atoms. The van der Waals surface area contributed by atoms with Crippen LogP contribution in [0.15, 0.2) is 24.4 Å². The van der Waals surface area contributed by atoms with E-state index in [4.69, 9.17) is 16.7 Å². The molecule has 2 aromatic rings. The summed E-state index contributed by atoms with van der Waals surface area (Å²) in [4.78, 5) is 18.5. The van der Waals surface area contributed by atoms with Crippen molar-refractivity contribution in [3.63, 3.8) is 0 Å². The van der Waals surface area contributed by atoms with E-state index in [1.807, 2.05) is 0 Å². The lowest BCUT2D eigenvalue weighted by molar-refractivity contribution is 0.0697. The largest absolute Gasteiger partial charge is 0.478 e. The minimum absolute atomic E-state index is 0.00725. The molecule has 70 valence electrons. The van der Waals surface area contributed by atoms with Crippen LogP contribution in [0, 0.1) is 0 Å². The number of hydrogen-bond donors (Lipinski definition) is 1. The second-order valence-corrected chi connectivity index (χ2v) is 3.04. The van der Waals surface area contributed by atoms with Crippen molar-refractivity contribution in [2.75, 3.05) is 0 Å². The van der Waals surface area contributed by atoms with Gasteiger partial charge in [0, 0.05) is 11.6 Å². The van der Waals surface area contributed by atoms with E-state index >= 15 is 0 Å². The van der Waals surface area contributed by atoms with Gasteiger partial charge in [0.2, 0.25) is 0 Å². The quantitative estimate of drug-likeness (QED) is 0.728. The second kappa shape index (κ2) is 3.23. The number of aromatic nitrogens is 2. The fourth-order valence-electron chi connectivity index (χ4n) is 1.13. The average molecular weight is 209 g/mol. The number of carboxylic acid groups (broad SMARTS) is 1. The molecule has 0 saturated heterocycles. The lowest BCUT2D eigenvalue weighted by atomic mass is 10.2. The monoisotopic (exact) mass is 208 g/mol. The van der Waals surface area contributed by atoms with E-state index in [1.54, 1.807) is 18.3 Å². The van der Waals surface area contributed by atoms with Crippen LogP contribution in [0.5, 0.6) is 0 Å². The minimum Gasteiger partial charge on any atom is -0.478 e. The van der Waals surface area contributed by atoms with Crippen molar-refractivity contribution in [3.05, 3.63) is 35.1 Å². The van der Waals surface area contributed by atoms with Gasteiger partial charge in [-0.3, -0.25) is 0 Å². The number of rotatable bonds is 1. The fourth-order valence-corrected chi connectivity index (χ4v) is 1.35. The summed E-state index contributed by atoms with van der Waals surface area (Å²) in [5.74, 6) is -1.09. The Bertz CT molecular complexity index is 513. The summed E-state index contributed by atoms with van der Waals surface area (Å²) in [7, 11) is 0. The van der Waals surface area contributed by atoms with Gasteiger partial charge in [-0.2, -0.15) is 0 Å². The number of nitrogens with zero attached hydrogens (tertiary/aromatic N) is 2. The van der Waals surface area contributed by atoms with Gasteiger partial charge in [0.15, 0.2) is 5.65 Å². The zero-order valence-corrected chi connectivity index (χ0v) is 7.69. The van der Waals surface area contributed by atoms with Crippen molar-refractivity contribution < 1.29 is 9.90 Å². The smallest absolute Gasteiger partial charge is 0.338 e. The van der Waals surface area contributed by atoms with Crippen LogP contribution < -0.4 is 0 Å². The molecule has 5 heteroatoms. The molecule has 4 nitrogen and oxygen atoms in total. The molecule has 0 atom stereocenters. The number of pyridine rings is 2. The zero-order valence-electron chi connectivity index (χ0n) is 6.94. The van der Waals surface area contributed by atoms with Gasteiger partial charge >= 0.3 is 5.97 Å². The molecule has 0 aliphatic carbocycles. The van der Waals surface area contributed by atoms with E-state index in [-0.39, 0.29) is 10.7 Å². The number of carbonyl (C=O) groups is 1. The Hall–Kier alpha value is -1.68. The second-order valence-electron chi connectivity index (χ2n) is 2.68. The molecule has 2 heterocycles. The molecule has 0 fully saturated rings. The molecule has 0 saturated carbocycles. The molecule has 0 aliphatic rings. The topological polar surface area (TPSA) is 63.1 Å². The highest BCUT2D eigenvalue weighted by Gasteiger charge is 2.11. The number of carboxylic acids is 1. The first-order valence-corrected chi connectivity index (χ1v) is 4.21. The van der Waals surface area contributed by atoms with E-state index in [0.717, 1.165) is 0 Å². The van der Waals surface area contributed by atoms with E-state index in [2.05, 4.69) is 9.97 Å². The van der Waals surface area contributed by atoms with Crippen LogP contribution in [0.3, 0.4) is 0 Å². The zero-order chi connectivity index (χ0) is 10.1. The average Bonchev–Trinajstić information content (AvgIpc) is 2.16. The molecule has 0 amide bonds. The molecular formula is C9H5ClN2O2. The Kier molecular flexibility index (Phi) is 2.05. The molecule has 0 aromatic carbocycles. The summed E-state index contributed by atoms with van der Waals surface area (Å²) in [6.45, 7) is 0. The van der Waals surface area contributed by atoms with Gasteiger partial charge in [0.05, 0.1) is 5.56 Å². The predicted molar refractivity (Wildman–Crippen MR) is 51.5 cm³/mol. The standard InChI is InChI=1S/C9H5ClN2O2/c10-7-6(9(13)14)4-5-2-1-3-11-8(5)12-7/h1-4H,(H,13,14). The van der Waals surface area contributed by atoms with Gasteiger partial charge in [-0.05, 0) is 18.2 Å². The van der Waals surface area contributed by atoms with Crippen molar-refractivity contribution in [2.24, 2.45) is 0 Å². The highest BCUT2D eigenvalue weighted by Crippen LogP contribution is 2.18. The normalized spacial score (nSPS) is 10.4. The van der Waals surface area contributed by atoms with Crippen molar-refractivity contribution >= 4 is 28.6 Å². The molecule has 0 unspecified atom stereocenters. The summed E-state index contributed by atoms with van der Waals surface area (Å²) in [5, 5.41) is 9.40. The first kappa shape index (κ1) is 8.90.